The van der Waals surface area contributed by atoms with Crippen LogP contribution < -0.4 is 11.1 Å². The second-order valence-corrected chi connectivity index (χ2v) is 3.91. The first-order valence-corrected chi connectivity index (χ1v) is 5.30. The smallest absolute Gasteiger partial charge is 0.326 e. The Kier molecular flexibility index (Phi) is 6.19. The van der Waals surface area contributed by atoms with Crippen LogP contribution in [0.1, 0.15) is 26.7 Å². The predicted molar refractivity (Wildman–Crippen MR) is 59.2 cm³/mol. The number of aliphatic carboxylic acids is 2. The molecule has 7 nitrogen and oxygen atoms in total. The standard InChI is InChI=1S/C10H18N2O5/c1-3-5(2)8(10(16)17)12-9(15)6(11)4-7(13)14/h5-6,8H,3-4,11H2,1-2H3,(H,12,15)(H,13,14)(H,16,17)/t5-,6+,8-/m1/s1. The molecule has 0 saturated carbocycles. The molecule has 0 aliphatic rings. The van der Waals surface area contributed by atoms with Crippen LogP contribution in [0.3, 0.4) is 0 Å². The third kappa shape index (κ3) is 5.30. The van der Waals surface area contributed by atoms with E-state index in [4.69, 9.17) is 15.9 Å². The fourth-order valence-electron chi connectivity index (χ4n) is 1.22. The van der Waals surface area contributed by atoms with E-state index in [1.54, 1.807) is 13.8 Å². The molecule has 0 spiro atoms. The van der Waals surface area contributed by atoms with Crippen molar-refractivity contribution < 1.29 is 24.6 Å². The summed E-state index contributed by atoms with van der Waals surface area (Å²) in [7, 11) is 0. The molecule has 0 radical (unpaired) electrons. The number of amides is 1. The van der Waals surface area contributed by atoms with Crippen molar-refractivity contribution >= 4 is 17.8 Å². The summed E-state index contributed by atoms with van der Waals surface area (Å²) in [6.45, 7) is 3.48. The second kappa shape index (κ2) is 6.85. The van der Waals surface area contributed by atoms with E-state index in [2.05, 4.69) is 5.32 Å². The molecule has 0 aliphatic carbocycles. The van der Waals surface area contributed by atoms with Gasteiger partial charge in [-0.3, -0.25) is 9.59 Å². The van der Waals surface area contributed by atoms with Crippen LogP contribution in [0.25, 0.3) is 0 Å². The maximum atomic E-state index is 11.5. The van der Waals surface area contributed by atoms with Crippen molar-refractivity contribution in [3.05, 3.63) is 0 Å². The van der Waals surface area contributed by atoms with Crippen LogP contribution in [-0.2, 0) is 14.4 Å². The van der Waals surface area contributed by atoms with Crippen molar-refractivity contribution in [2.24, 2.45) is 11.7 Å². The minimum atomic E-state index is -1.24. The summed E-state index contributed by atoms with van der Waals surface area (Å²) in [6, 6.07) is -2.29. The zero-order valence-corrected chi connectivity index (χ0v) is 9.84. The fraction of sp³-hybridized carbons (Fsp3) is 0.700. The minimum Gasteiger partial charge on any atom is -0.481 e. The van der Waals surface area contributed by atoms with E-state index in [1.165, 1.54) is 0 Å². The first-order valence-electron chi connectivity index (χ1n) is 5.30. The van der Waals surface area contributed by atoms with Crippen molar-refractivity contribution in [1.82, 2.24) is 5.32 Å². The number of carbonyl (C=O) groups excluding carboxylic acids is 1. The molecule has 7 heteroatoms. The normalized spacial score (nSPS) is 15.7. The largest absolute Gasteiger partial charge is 0.481 e. The first-order chi connectivity index (χ1) is 7.79. The van der Waals surface area contributed by atoms with Crippen LogP contribution in [0, 0.1) is 5.92 Å². The van der Waals surface area contributed by atoms with Crippen molar-refractivity contribution in [2.75, 3.05) is 0 Å². The number of nitrogens with two attached hydrogens (primary N) is 1. The van der Waals surface area contributed by atoms with E-state index in [-0.39, 0.29) is 5.92 Å². The van der Waals surface area contributed by atoms with Crippen LogP contribution in [0.2, 0.25) is 0 Å². The molecule has 17 heavy (non-hydrogen) atoms. The van der Waals surface area contributed by atoms with Gasteiger partial charge in [-0.15, -0.1) is 0 Å². The highest BCUT2D eigenvalue weighted by Crippen LogP contribution is 2.08. The maximum Gasteiger partial charge on any atom is 0.326 e. The van der Waals surface area contributed by atoms with Gasteiger partial charge in [-0.1, -0.05) is 20.3 Å². The van der Waals surface area contributed by atoms with Gasteiger partial charge in [0.2, 0.25) is 5.91 Å². The van der Waals surface area contributed by atoms with Gasteiger partial charge in [0.15, 0.2) is 0 Å². The van der Waals surface area contributed by atoms with Gasteiger partial charge in [-0.05, 0) is 5.92 Å². The summed E-state index contributed by atoms with van der Waals surface area (Å²) >= 11 is 0. The van der Waals surface area contributed by atoms with E-state index < -0.39 is 36.4 Å². The highest BCUT2D eigenvalue weighted by Gasteiger charge is 2.28. The van der Waals surface area contributed by atoms with Gasteiger partial charge in [-0.2, -0.15) is 0 Å². The monoisotopic (exact) mass is 246 g/mol. The number of hydrogen-bond acceptors (Lipinski definition) is 4. The molecule has 0 aromatic heterocycles. The van der Waals surface area contributed by atoms with Crippen molar-refractivity contribution in [1.29, 1.82) is 0 Å². The lowest BCUT2D eigenvalue weighted by atomic mass is 9.99. The van der Waals surface area contributed by atoms with Gasteiger partial charge in [-0.25, -0.2) is 4.79 Å². The lowest BCUT2D eigenvalue weighted by Gasteiger charge is -2.21. The molecular weight excluding hydrogens is 228 g/mol. The highest BCUT2D eigenvalue weighted by molar-refractivity contribution is 5.89. The summed E-state index contributed by atoms with van der Waals surface area (Å²) in [6.07, 6.45) is 0.0457. The Labute approximate surface area is 99.0 Å². The van der Waals surface area contributed by atoms with Gasteiger partial charge in [0.25, 0.3) is 0 Å². The Hall–Kier alpha value is -1.63. The first kappa shape index (κ1) is 15.4. The summed E-state index contributed by atoms with van der Waals surface area (Å²) < 4.78 is 0. The summed E-state index contributed by atoms with van der Waals surface area (Å²) in [5, 5.41) is 19.6. The molecule has 0 aromatic carbocycles. The maximum absolute atomic E-state index is 11.5. The Morgan fingerprint density at radius 3 is 2.18 bits per heavy atom. The second-order valence-electron chi connectivity index (χ2n) is 3.91. The number of carboxylic acid groups (broad SMARTS) is 2. The zero-order chi connectivity index (χ0) is 13.6. The Bertz CT molecular complexity index is 305. The average Bonchev–Trinajstić information content (AvgIpc) is 2.22. The Morgan fingerprint density at radius 1 is 1.29 bits per heavy atom. The zero-order valence-electron chi connectivity index (χ0n) is 9.84. The van der Waals surface area contributed by atoms with E-state index in [0.717, 1.165) is 0 Å². The third-order valence-electron chi connectivity index (χ3n) is 2.51. The number of carbonyl (C=O) groups is 3. The molecule has 0 fully saturated rings. The number of rotatable bonds is 7. The van der Waals surface area contributed by atoms with Crippen molar-refractivity contribution in [3.8, 4) is 0 Å². The van der Waals surface area contributed by atoms with E-state index >= 15 is 0 Å². The summed E-state index contributed by atoms with van der Waals surface area (Å²) in [5.41, 5.74) is 5.32. The molecule has 0 aliphatic heterocycles. The van der Waals surface area contributed by atoms with Gasteiger partial charge in [0.1, 0.15) is 6.04 Å². The van der Waals surface area contributed by atoms with Gasteiger partial charge in [0.05, 0.1) is 12.5 Å². The molecule has 0 unspecified atom stereocenters. The molecular formula is C10H18N2O5. The molecule has 1 amide bonds. The molecule has 98 valence electrons. The van der Waals surface area contributed by atoms with Crippen molar-refractivity contribution in [2.45, 2.75) is 38.8 Å². The molecule has 0 rings (SSSR count). The molecule has 0 heterocycles. The number of carboxylic acids is 2. The Balaban J connectivity index is 4.50. The summed E-state index contributed by atoms with van der Waals surface area (Å²) in [4.78, 5) is 32.7. The third-order valence-corrected chi connectivity index (χ3v) is 2.51. The lowest BCUT2D eigenvalue weighted by molar-refractivity contribution is -0.144. The summed E-state index contributed by atoms with van der Waals surface area (Å²) in [5.74, 6) is -3.38. The molecule has 0 aromatic rings. The molecule has 0 bridgehead atoms. The van der Waals surface area contributed by atoms with E-state index in [1.807, 2.05) is 0 Å². The molecule has 5 N–H and O–H groups in total. The quantitative estimate of drug-likeness (QED) is 0.474. The number of nitrogens with one attached hydrogen (secondary N) is 1. The van der Waals surface area contributed by atoms with Crippen LogP contribution in [0.4, 0.5) is 0 Å². The fourth-order valence-corrected chi connectivity index (χ4v) is 1.22. The van der Waals surface area contributed by atoms with Gasteiger partial charge < -0.3 is 21.3 Å². The van der Waals surface area contributed by atoms with Gasteiger partial charge in [0, 0.05) is 0 Å². The van der Waals surface area contributed by atoms with Crippen molar-refractivity contribution in [3.63, 3.8) is 0 Å². The molecule has 3 atom stereocenters. The average molecular weight is 246 g/mol. The van der Waals surface area contributed by atoms with Crippen LogP contribution in [0.5, 0.6) is 0 Å². The minimum absolute atomic E-state index is 0.256. The SMILES string of the molecule is CC[C@@H](C)[C@@H](NC(=O)[C@@H](N)CC(=O)O)C(=O)O. The van der Waals surface area contributed by atoms with Crippen LogP contribution in [0.15, 0.2) is 0 Å². The van der Waals surface area contributed by atoms with Crippen LogP contribution >= 0.6 is 0 Å². The van der Waals surface area contributed by atoms with E-state index in [0.29, 0.717) is 6.42 Å². The Morgan fingerprint density at radius 2 is 1.82 bits per heavy atom. The predicted octanol–water partition coefficient (Wildman–Crippen LogP) is -0.596. The molecule has 0 saturated heterocycles. The highest BCUT2D eigenvalue weighted by atomic mass is 16.4. The number of hydrogen-bond donors (Lipinski definition) is 4. The van der Waals surface area contributed by atoms with Gasteiger partial charge >= 0.3 is 11.9 Å². The van der Waals surface area contributed by atoms with Crippen LogP contribution in [-0.4, -0.2) is 40.1 Å². The van der Waals surface area contributed by atoms with E-state index in [9.17, 15) is 14.4 Å². The topological polar surface area (TPSA) is 130 Å². The lowest BCUT2D eigenvalue weighted by Crippen LogP contribution is -2.51.